The standard InChI is InChI=1S/C14H13ClN2O2S/c15-13-9-11(10-3-1-2-4-12(10)16-13)14(18)17-5-7-20(19)8-6-17/h1-4,9H,5-8H2. The molecule has 1 amide bonds. The number of amides is 1. The van der Waals surface area contributed by atoms with Gasteiger partial charge in [-0.05, 0) is 12.1 Å². The molecule has 0 radical (unpaired) electrons. The topological polar surface area (TPSA) is 50.3 Å². The van der Waals surface area contributed by atoms with E-state index < -0.39 is 10.8 Å². The van der Waals surface area contributed by atoms with Crippen LogP contribution in [0.15, 0.2) is 30.3 Å². The number of carbonyl (C=O) groups is 1. The highest BCUT2D eigenvalue weighted by Crippen LogP contribution is 2.22. The highest BCUT2D eigenvalue weighted by Gasteiger charge is 2.23. The minimum Gasteiger partial charge on any atom is -0.337 e. The number of halogens is 1. The quantitative estimate of drug-likeness (QED) is 0.758. The first kappa shape index (κ1) is 13.5. The number of para-hydroxylation sites is 1. The van der Waals surface area contributed by atoms with E-state index in [0.29, 0.717) is 40.8 Å². The normalized spacial score (nSPS) is 16.6. The van der Waals surface area contributed by atoms with Crippen molar-refractivity contribution in [3.8, 4) is 0 Å². The van der Waals surface area contributed by atoms with Crippen LogP contribution in [0.1, 0.15) is 10.4 Å². The lowest BCUT2D eigenvalue weighted by atomic mass is 10.1. The van der Waals surface area contributed by atoms with E-state index in [-0.39, 0.29) is 5.91 Å². The monoisotopic (exact) mass is 308 g/mol. The van der Waals surface area contributed by atoms with Gasteiger partial charge in [-0.2, -0.15) is 0 Å². The van der Waals surface area contributed by atoms with Crippen LogP contribution in [0.4, 0.5) is 0 Å². The number of nitrogens with zero attached hydrogens (tertiary/aromatic N) is 2. The average Bonchev–Trinajstić information content (AvgIpc) is 2.46. The predicted octanol–water partition coefficient (Wildman–Crippen LogP) is 2.09. The molecule has 6 heteroatoms. The lowest BCUT2D eigenvalue weighted by Gasteiger charge is -2.26. The molecule has 104 valence electrons. The molecule has 0 spiro atoms. The molecular formula is C14H13ClN2O2S. The summed E-state index contributed by atoms with van der Waals surface area (Å²) in [6.45, 7) is 1.05. The van der Waals surface area contributed by atoms with Crippen molar-refractivity contribution in [2.45, 2.75) is 0 Å². The smallest absolute Gasteiger partial charge is 0.254 e. The summed E-state index contributed by atoms with van der Waals surface area (Å²) in [5, 5.41) is 1.11. The van der Waals surface area contributed by atoms with E-state index in [1.165, 1.54) is 0 Å². The van der Waals surface area contributed by atoms with Crippen molar-refractivity contribution in [2.75, 3.05) is 24.6 Å². The van der Waals surface area contributed by atoms with Gasteiger partial charge in [0.1, 0.15) is 5.15 Å². The van der Waals surface area contributed by atoms with Crippen LogP contribution in [-0.2, 0) is 10.8 Å². The highest BCUT2D eigenvalue weighted by atomic mass is 35.5. The van der Waals surface area contributed by atoms with Crippen LogP contribution >= 0.6 is 11.6 Å². The van der Waals surface area contributed by atoms with Crippen molar-refractivity contribution in [3.05, 3.63) is 41.0 Å². The third kappa shape index (κ3) is 2.55. The van der Waals surface area contributed by atoms with Crippen LogP contribution in [0.25, 0.3) is 10.9 Å². The highest BCUT2D eigenvalue weighted by molar-refractivity contribution is 7.85. The fourth-order valence-electron chi connectivity index (χ4n) is 2.33. The number of rotatable bonds is 1. The molecular weight excluding hydrogens is 296 g/mol. The summed E-state index contributed by atoms with van der Waals surface area (Å²) in [4.78, 5) is 18.6. The van der Waals surface area contributed by atoms with Gasteiger partial charge >= 0.3 is 0 Å². The van der Waals surface area contributed by atoms with E-state index in [4.69, 9.17) is 11.6 Å². The lowest BCUT2D eigenvalue weighted by Crippen LogP contribution is -2.41. The lowest BCUT2D eigenvalue weighted by molar-refractivity contribution is 0.0773. The summed E-state index contributed by atoms with van der Waals surface area (Å²) in [6, 6.07) is 9.05. The van der Waals surface area contributed by atoms with E-state index >= 15 is 0 Å². The van der Waals surface area contributed by atoms with Gasteiger partial charge in [0.2, 0.25) is 0 Å². The first-order valence-corrected chi connectivity index (χ1v) is 8.21. The SMILES string of the molecule is O=C(c1cc(Cl)nc2ccccc12)N1CCS(=O)CC1. The Kier molecular flexibility index (Phi) is 3.72. The zero-order chi connectivity index (χ0) is 14.1. The number of hydrogen-bond acceptors (Lipinski definition) is 3. The van der Waals surface area contributed by atoms with Crippen molar-refractivity contribution in [3.63, 3.8) is 0 Å². The first-order chi connectivity index (χ1) is 9.65. The van der Waals surface area contributed by atoms with Gasteiger partial charge in [0, 0.05) is 40.8 Å². The molecule has 2 aromatic rings. The molecule has 0 unspecified atom stereocenters. The van der Waals surface area contributed by atoms with Crippen LogP contribution in [0, 0.1) is 0 Å². The van der Waals surface area contributed by atoms with E-state index in [9.17, 15) is 9.00 Å². The van der Waals surface area contributed by atoms with Crippen LogP contribution in [-0.4, -0.2) is 44.6 Å². The third-order valence-electron chi connectivity index (χ3n) is 3.38. The van der Waals surface area contributed by atoms with E-state index in [0.717, 1.165) is 5.39 Å². The first-order valence-electron chi connectivity index (χ1n) is 6.35. The number of hydrogen-bond donors (Lipinski definition) is 0. The Bertz CT molecular complexity index is 695. The Balaban J connectivity index is 2.01. The summed E-state index contributed by atoms with van der Waals surface area (Å²) < 4.78 is 11.4. The minimum absolute atomic E-state index is 0.0674. The zero-order valence-corrected chi connectivity index (χ0v) is 12.3. The molecule has 2 heterocycles. The minimum atomic E-state index is -0.798. The van der Waals surface area contributed by atoms with Crippen LogP contribution in [0.5, 0.6) is 0 Å². The molecule has 1 fully saturated rings. The van der Waals surface area contributed by atoms with Gasteiger partial charge in [-0.15, -0.1) is 0 Å². The molecule has 4 nitrogen and oxygen atoms in total. The molecule has 20 heavy (non-hydrogen) atoms. The molecule has 3 rings (SSSR count). The Morgan fingerprint density at radius 2 is 1.95 bits per heavy atom. The molecule has 0 atom stereocenters. The van der Waals surface area contributed by atoms with Gasteiger partial charge in [0.15, 0.2) is 0 Å². The molecule has 1 aliphatic heterocycles. The summed E-state index contributed by atoms with van der Waals surface area (Å²) >= 11 is 6.00. The maximum atomic E-state index is 12.6. The second-order valence-corrected chi connectivity index (χ2v) is 6.73. The summed E-state index contributed by atoms with van der Waals surface area (Å²) in [6.07, 6.45) is 0. The molecule has 1 aliphatic rings. The Labute approximate surface area is 124 Å². The summed E-state index contributed by atoms with van der Waals surface area (Å²) in [5.41, 5.74) is 1.28. The van der Waals surface area contributed by atoms with Crippen molar-refractivity contribution in [1.82, 2.24) is 9.88 Å². The summed E-state index contributed by atoms with van der Waals surface area (Å²) in [7, 11) is -0.798. The Morgan fingerprint density at radius 3 is 2.70 bits per heavy atom. The van der Waals surface area contributed by atoms with E-state index in [2.05, 4.69) is 4.98 Å². The van der Waals surface area contributed by atoms with Gasteiger partial charge in [0.25, 0.3) is 5.91 Å². The Morgan fingerprint density at radius 1 is 1.25 bits per heavy atom. The molecule has 0 N–H and O–H groups in total. The number of fused-ring (bicyclic) bond motifs is 1. The maximum absolute atomic E-state index is 12.6. The largest absolute Gasteiger partial charge is 0.337 e. The molecule has 1 aromatic heterocycles. The maximum Gasteiger partial charge on any atom is 0.254 e. The molecule has 1 saturated heterocycles. The van der Waals surface area contributed by atoms with Crippen molar-refractivity contribution < 1.29 is 9.00 Å². The molecule has 0 bridgehead atoms. The molecule has 0 aliphatic carbocycles. The van der Waals surface area contributed by atoms with Gasteiger partial charge < -0.3 is 4.90 Å². The van der Waals surface area contributed by atoms with Crippen LogP contribution in [0.3, 0.4) is 0 Å². The van der Waals surface area contributed by atoms with E-state index in [1.54, 1.807) is 11.0 Å². The average molecular weight is 309 g/mol. The van der Waals surface area contributed by atoms with Gasteiger partial charge in [-0.3, -0.25) is 9.00 Å². The van der Waals surface area contributed by atoms with Crippen molar-refractivity contribution >= 4 is 39.2 Å². The van der Waals surface area contributed by atoms with Crippen LogP contribution in [0.2, 0.25) is 5.15 Å². The van der Waals surface area contributed by atoms with E-state index in [1.807, 2.05) is 24.3 Å². The second-order valence-electron chi connectivity index (χ2n) is 4.65. The van der Waals surface area contributed by atoms with Gasteiger partial charge in [-0.1, -0.05) is 29.8 Å². The Hall–Kier alpha value is -1.46. The molecule has 0 saturated carbocycles. The predicted molar refractivity (Wildman–Crippen MR) is 80.5 cm³/mol. The number of aromatic nitrogens is 1. The third-order valence-corrected chi connectivity index (χ3v) is 4.85. The fourth-order valence-corrected chi connectivity index (χ4v) is 3.58. The van der Waals surface area contributed by atoms with Crippen molar-refractivity contribution in [2.24, 2.45) is 0 Å². The van der Waals surface area contributed by atoms with Crippen molar-refractivity contribution in [1.29, 1.82) is 0 Å². The number of benzene rings is 1. The number of pyridine rings is 1. The molecule has 1 aromatic carbocycles. The second kappa shape index (κ2) is 5.50. The van der Waals surface area contributed by atoms with Gasteiger partial charge in [0.05, 0.1) is 11.1 Å². The zero-order valence-electron chi connectivity index (χ0n) is 10.7. The van der Waals surface area contributed by atoms with Crippen LogP contribution < -0.4 is 0 Å². The fraction of sp³-hybridized carbons (Fsp3) is 0.286. The number of carbonyl (C=O) groups excluding carboxylic acids is 1. The summed E-state index contributed by atoms with van der Waals surface area (Å²) in [5.74, 6) is 1.02. The van der Waals surface area contributed by atoms with Gasteiger partial charge in [-0.25, -0.2) is 4.98 Å².